The maximum absolute atomic E-state index is 2.78. The van der Waals surface area contributed by atoms with E-state index in [2.05, 4.69) is 133 Å². The zero-order chi connectivity index (χ0) is 57.0. The Balaban J connectivity index is 1.19. The summed E-state index contributed by atoms with van der Waals surface area (Å²) in [6.45, 7) is 34.4. The van der Waals surface area contributed by atoms with E-state index in [1.165, 1.54) is 200 Å². The lowest BCUT2D eigenvalue weighted by atomic mass is 9.72. The molecule has 0 aliphatic heterocycles. The molecule has 6 unspecified atom stereocenters. The molecule has 0 saturated heterocycles. The summed E-state index contributed by atoms with van der Waals surface area (Å²) in [5.41, 5.74) is 36.0. The molecule has 0 bridgehead atoms. The van der Waals surface area contributed by atoms with Gasteiger partial charge < -0.3 is 0 Å². The lowest BCUT2D eigenvalue weighted by molar-refractivity contribution is 0.302. The molecule has 0 heterocycles. The van der Waals surface area contributed by atoms with Gasteiger partial charge in [0.05, 0.1) is 0 Å². The molecule has 438 valence electrons. The fraction of sp³-hybridized carbons (Fsp3) is 0.650. The minimum absolute atomic E-state index is 0.544. The van der Waals surface area contributed by atoms with E-state index in [1.54, 1.807) is 66.9 Å². The summed E-state index contributed by atoms with van der Waals surface area (Å²) in [7, 11) is 0. The fourth-order valence-corrected chi connectivity index (χ4v) is 17.2. The van der Waals surface area contributed by atoms with E-state index in [-0.39, 0.29) is 0 Å². The second-order valence-corrected chi connectivity index (χ2v) is 28.1. The van der Waals surface area contributed by atoms with Crippen LogP contribution in [-0.2, 0) is 0 Å². The standard InChI is InChI=1S/C80H118/c1-15-19-23-27-29-33-37-63(35-31-25-21-17-3)47-75-61(13)77-78(79(75)73-51-67(45-59(73)11)71-49-65(43-57(71)9)69-41-53(5)39-55(69)7)62(14)76(48-64(36-32-26-22-18-4)38-34-30-28-24-20-16-2)80(77)74-52-68(46-60(74)12)72-50-66(44-58(72)10)70-42-54(6)40-56(70)8/h39-40,43-46,61-64,75-76H,15-38,41-42,47-52H2,1-14H3. The molecule has 0 spiro atoms. The second kappa shape index (κ2) is 29.7. The highest BCUT2D eigenvalue weighted by atomic mass is 14.5. The monoisotopic (exact) mass is 1080 g/mol. The van der Waals surface area contributed by atoms with Crippen LogP contribution in [0.1, 0.15) is 302 Å². The van der Waals surface area contributed by atoms with Crippen LogP contribution in [-0.4, -0.2) is 0 Å². The van der Waals surface area contributed by atoms with Gasteiger partial charge >= 0.3 is 0 Å². The first kappa shape index (κ1) is 62.4. The molecule has 0 fully saturated rings. The summed E-state index contributed by atoms with van der Waals surface area (Å²) in [5, 5.41) is 0. The molecule has 8 aliphatic rings. The van der Waals surface area contributed by atoms with E-state index in [0.29, 0.717) is 23.7 Å². The van der Waals surface area contributed by atoms with Crippen LogP contribution in [0.15, 0.2) is 159 Å². The number of rotatable bonds is 34. The fourth-order valence-electron chi connectivity index (χ4n) is 17.2. The van der Waals surface area contributed by atoms with Crippen LogP contribution >= 0.6 is 0 Å². The summed E-state index contributed by atoms with van der Waals surface area (Å²) < 4.78 is 0. The number of allylic oxidation sites excluding steroid dienone is 28. The molecule has 80 heavy (non-hydrogen) atoms. The third-order valence-electron chi connectivity index (χ3n) is 21.7. The molecule has 0 N–H and O–H groups in total. The summed E-state index contributed by atoms with van der Waals surface area (Å²) in [6, 6.07) is 0. The van der Waals surface area contributed by atoms with Crippen LogP contribution in [0.4, 0.5) is 0 Å². The maximum Gasteiger partial charge on any atom is -0.00171 e. The Labute approximate surface area is 494 Å². The maximum atomic E-state index is 2.78. The first-order valence-electron chi connectivity index (χ1n) is 34.5. The van der Waals surface area contributed by atoms with Gasteiger partial charge in [0.1, 0.15) is 0 Å². The Morgan fingerprint density at radius 2 is 0.550 bits per heavy atom. The highest BCUT2D eigenvalue weighted by molar-refractivity contribution is 5.71. The van der Waals surface area contributed by atoms with Crippen molar-refractivity contribution >= 4 is 0 Å². The predicted molar refractivity (Wildman–Crippen MR) is 353 cm³/mol. The number of hydrogen-bond acceptors (Lipinski definition) is 0. The van der Waals surface area contributed by atoms with E-state index < -0.39 is 0 Å². The van der Waals surface area contributed by atoms with Crippen LogP contribution in [0.5, 0.6) is 0 Å². The van der Waals surface area contributed by atoms with Gasteiger partial charge in [-0.15, -0.1) is 0 Å². The number of fused-ring (bicyclic) bond motifs is 1. The Kier molecular flexibility index (Phi) is 23.2. The summed E-state index contributed by atoms with van der Waals surface area (Å²) in [5.74, 6) is 3.88. The molecule has 8 rings (SSSR count). The van der Waals surface area contributed by atoms with Crippen molar-refractivity contribution in [1.29, 1.82) is 0 Å². The molecule has 0 aromatic rings. The van der Waals surface area contributed by atoms with Gasteiger partial charge in [-0.1, -0.05) is 243 Å². The molecular weight excluding hydrogens is 961 g/mol. The van der Waals surface area contributed by atoms with Crippen LogP contribution in [0, 0.1) is 35.5 Å². The SMILES string of the molecule is CCCCCCCCC(CCCCCC)CC1C(C2=C(C)C=C(C3=C(C)C=C(C4=C(C)C=C(C)C4)C3)C2)=C2C(=C(C3=C(C)C=C(C4=C(C)C=C(C5=C(C)C=C(C)C5)C4)C3)C(CC(CCCCCC)CCCCCCCC)C2C)C1C. The van der Waals surface area contributed by atoms with E-state index >= 15 is 0 Å². The molecule has 0 aromatic heterocycles. The minimum Gasteiger partial charge on any atom is -0.0686 e. The average molecular weight is 1080 g/mol. The summed E-state index contributed by atoms with van der Waals surface area (Å²) in [4.78, 5) is 0. The highest BCUT2D eigenvalue weighted by Crippen LogP contribution is 2.63. The Hall–Kier alpha value is -3.64. The molecule has 0 nitrogen and oxygen atoms in total. The van der Waals surface area contributed by atoms with Gasteiger partial charge in [-0.3, -0.25) is 0 Å². The highest BCUT2D eigenvalue weighted by Gasteiger charge is 2.50. The first-order valence-corrected chi connectivity index (χ1v) is 34.5. The van der Waals surface area contributed by atoms with E-state index in [9.17, 15) is 0 Å². The van der Waals surface area contributed by atoms with Crippen molar-refractivity contribution in [2.45, 2.75) is 302 Å². The lowest BCUT2D eigenvalue weighted by Gasteiger charge is -2.32. The average Bonchev–Trinajstić information content (AvgIpc) is 4.36. The van der Waals surface area contributed by atoms with Crippen molar-refractivity contribution in [1.82, 2.24) is 0 Å². The van der Waals surface area contributed by atoms with Gasteiger partial charge in [-0.05, 0) is 254 Å². The van der Waals surface area contributed by atoms with Crippen molar-refractivity contribution in [3.8, 4) is 0 Å². The molecular formula is C80H118. The van der Waals surface area contributed by atoms with Crippen LogP contribution in [0.3, 0.4) is 0 Å². The Bertz CT molecular complexity index is 2520. The molecule has 0 saturated carbocycles. The van der Waals surface area contributed by atoms with Crippen LogP contribution in [0.25, 0.3) is 0 Å². The Morgan fingerprint density at radius 3 is 0.850 bits per heavy atom. The van der Waals surface area contributed by atoms with Gasteiger partial charge in [-0.25, -0.2) is 0 Å². The number of unbranched alkanes of at least 4 members (excludes halogenated alkanes) is 16. The van der Waals surface area contributed by atoms with Gasteiger partial charge in [0.25, 0.3) is 0 Å². The predicted octanol–water partition coefficient (Wildman–Crippen LogP) is 25.5. The Morgan fingerprint density at radius 1 is 0.300 bits per heavy atom. The lowest BCUT2D eigenvalue weighted by Crippen LogP contribution is -2.21. The zero-order valence-electron chi connectivity index (χ0n) is 54.6. The van der Waals surface area contributed by atoms with Crippen LogP contribution < -0.4 is 0 Å². The van der Waals surface area contributed by atoms with Gasteiger partial charge in [0, 0.05) is 0 Å². The normalized spacial score (nSPS) is 24.1. The molecule has 8 aliphatic carbocycles. The third kappa shape index (κ3) is 14.8. The zero-order valence-corrected chi connectivity index (χ0v) is 54.6. The minimum atomic E-state index is 0.544. The van der Waals surface area contributed by atoms with Gasteiger partial charge in [-0.2, -0.15) is 0 Å². The van der Waals surface area contributed by atoms with Crippen molar-refractivity contribution in [2.24, 2.45) is 35.5 Å². The smallest absolute Gasteiger partial charge is 0.00171 e. The second-order valence-electron chi connectivity index (χ2n) is 28.1. The third-order valence-corrected chi connectivity index (χ3v) is 21.7. The topological polar surface area (TPSA) is 0 Å². The molecule has 0 radical (unpaired) electrons. The van der Waals surface area contributed by atoms with Crippen LogP contribution in [0.2, 0.25) is 0 Å². The van der Waals surface area contributed by atoms with Crippen molar-refractivity contribution < 1.29 is 0 Å². The quantitative estimate of drug-likeness (QED) is 0.0564. The molecule has 0 amide bonds. The first-order chi connectivity index (χ1) is 38.7. The summed E-state index contributed by atoms with van der Waals surface area (Å²) in [6.07, 6.45) is 58.4. The molecule has 6 atom stereocenters. The van der Waals surface area contributed by atoms with Gasteiger partial charge in [0.2, 0.25) is 0 Å². The molecule has 0 aromatic carbocycles. The van der Waals surface area contributed by atoms with Crippen molar-refractivity contribution in [3.05, 3.63) is 159 Å². The van der Waals surface area contributed by atoms with Crippen molar-refractivity contribution in [3.63, 3.8) is 0 Å². The van der Waals surface area contributed by atoms with E-state index in [1.807, 2.05) is 22.3 Å². The van der Waals surface area contributed by atoms with E-state index in [0.717, 1.165) is 50.4 Å². The molecule has 0 heteroatoms. The van der Waals surface area contributed by atoms with Crippen molar-refractivity contribution in [2.75, 3.05) is 0 Å². The van der Waals surface area contributed by atoms with Gasteiger partial charge in [0.15, 0.2) is 0 Å². The summed E-state index contributed by atoms with van der Waals surface area (Å²) >= 11 is 0. The number of hydrogen-bond donors (Lipinski definition) is 0. The van der Waals surface area contributed by atoms with E-state index in [4.69, 9.17) is 0 Å². The largest absolute Gasteiger partial charge is 0.0686 e.